The number of nitrogens with zero attached hydrogens (tertiary/aromatic N) is 4. The molecule has 0 saturated heterocycles. The lowest BCUT2D eigenvalue weighted by Crippen LogP contribution is -1.98. The van der Waals surface area contributed by atoms with E-state index in [1.165, 1.54) is 38.6 Å². The van der Waals surface area contributed by atoms with Crippen LogP contribution in [0.4, 0.5) is 4.39 Å². The van der Waals surface area contributed by atoms with E-state index in [1.54, 1.807) is 6.07 Å². The number of halogens is 1. The topological polar surface area (TPSA) is 35.6 Å². The van der Waals surface area contributed by atoms with Crippen molar-refractivity contribution in [2.24, 2.45) is 0 Å². The van der Waals surface area contributed by atoms with Gasteiger partial charge in [0.2, 0.25) is 0 Å². The molecule has 3 heterocycles. The number of para-hydroxylation sites is 3. The fraction of sp³-hybridized carbons (Fsp3) is 0. The Labute approximate surface area is 326 Å². The highest BCUT2D eigenvalue weighted by atomic mass is 19.1. The SMILES string of the molecule is Fc1ccc2cc(-c3nc(-c4ccc(-n5c6ccccc6c6cc(-n7c8ccccc8c8ccccc87)ccc65)cc4)nc4c3ccc3ccccc34)ccc2c1. The maximum atomic E-state index is 14.1. The van der Waals surface area contributed by atoms with Crippen LogP contribution in [0, 0.1) is 5.82 Å². The van der Waals surface area contributed by atoms with Gasteiger partial charge in [0.1, 0.15) is 5.82 Å². The molecule has 4 nitrogen and oxygen atoms in total. The fourth-order valence-electron chi connectivity index (χ4n) is 8.92. The van der Waals surface area contributed by atoms with E-state index < -0.39 is 0 Å². The molecule has 0 radical (unpaired) electrons. The van der Waals surface area contributed by atoms with E-state index in [4.69, 9.17) is 9.97 Å². The van der Waals surface area contributed by atoms with Crippen LogP contribution >= 0.6 is 0 Å². The molecule has 0 atom stereocenters. The molecule has 9 aromatic carbocycles. The average molecular weight is 731 g/mol. The first kappa shape index (κ1) is 31.7. The Morgan fingerprint density at radius 3 is 1.63 bits per heavy atom. The van der Waals surface area contributed by atoms with Crippen LogP contribution in [-0.4, -0.2) is 19.1 Å². The van der Waals surface area contributed by atoms with Crippen LogP contribution in [0.1, 0.15) is 0 Å². The first-order valence-corrected chi connectivity index (χ1v) is 19.2. The van der Waals surface area contributed by atoms with E-state index in [-0.39, 0.29) is 5.82 Å². The third-order valence-corrected chi connectivity index (χ3v) is 11.5. The molecule has 0 saturated carbocycles. The van der Waals surface area contributed by atoms with E-state index in [9.17, 15) is 4.39 Å². The number of hydrogen-bond donors (Lipinski definition) is 0. The zero-order valence-electron chi connectivity index (χ0n) is 30.6. The minimum absolute atomic E-state index is 0.245. The standard InChI is InChI=1S/C52H31FN4/c53-37-23-19-34-29-36(18-17-35(34)30-37)50-44-27-22-32-9-1-2-10-40(32)51(44)55-52(54-50)33-20-24-38(25-21-33)56-48-16-8-5-13-43(48)45-31-39(26-28-49(45)56)57-46-14-6-3-11-41(46)42-12-4-7-15-47(42)57/h1-31H. The number of hydrogen-bond acceptors (Lipinski definition) is 2. The molecule has 0 N–H and O–H groups in total. The fourth-order valence-corrected chi connectivity index (χ4v) is 8.92. The highest BCUT2D eigenvalue weighted by Gasteiger charge is 2.18. The minimum atomic E-state index is -0.245. The summed E-state index contributed by atoms with van der Waals surface area (Å²) in [6.45, 7) is 0. The van der Waals surface area contributed by atoms with Gasteiger partial charge in [-0.2, -0.15) is 0 Å². The van der Waals surface area contributed by atoms with Crippen molar-refractivity contribution in [3.63, 3.8) is 0 Å². The number of benzene rings is 9. The molecule has 0 bridgehead atoms. The lowest BCUT2D eigenvalue weighted by Gasteiger charge is -2.13. The molecule has 0 fully saturated rings. The van der Waals surface area contributed by atoms with Gasteiger partial charge < -0.3 is 9.13 Å². The van der Waals surface area contributed by atoms with Crippen molar-refractivity contribution in [1.82, 2.24) is 19.1 Å². The van der Waals surface area contributed by atoms with Crippen LogP contribution in [0.25, 0.3) is 110 Å². The monoisotopic (exact) mass is 730 g/mol. The van der Waals surface area contributed by atoms with Gasteiger partial charge in [-0.3, -0.25) is 0 Å². The first-order valence-electron chi connectivity index (χ1n) is 19.2. The minimum Gasteiger partial charge on any atom is -0.309 e. The summed E-state index contributed by atoms with van der Waals surface area (Å²) in [5.41, 5.74) is 10.5. The molecule has 3 aromatic heterocycles. The maximum absolute atomic E-state index is 14.1. The summed E-state index contributed by atoms with van der Waals surface area (Å²) in [7, 11) is 0. The number of fused-ring (bicyclic) bond motifs is 10. The molecule has 5 heteroatoms. The lowest BCUT2D eigenvalue weighted by molar-refractivity contribution is 0.630. The highest BCUT2D eigenvalue weighted by Crippen LogP contribution is 2.38. The molecule has 12 rings (SSSR count). The normalized spacial score (nSPS) is 11.9. The van der Waals surface area contributed by atoms with Crippen molar-refractivity contribution in [3.8, 4) is 34.0 Å². The van der Waals surface area contributed by atoms with Gasteiger partial charge in [0, 0.05) is 54.8 Å². The molecule has 266 valence electrons. The quantitative estimate of drug-likeness (QED) is 0.169. The van der Waals surface area contributed by atoms with Crippen LogP contribution < -0.4 is 0 Å². The van der Waals surface area contributed by atoms with Gasteiger partial charge in [-0.1, -0.05) is 103 Å². The summed E-state index contributed by atoms with van der Waals surface area (Å²) < 4.78 is 18.8. The molecule has 0 unspecified atom stereocenters. The summed E-state index contributed by atoms with van der Waals surface area (Å²) >= 11 is 0. The summed E-state index contributed by atoms with van der Waals surface area (Å²) in [6.07, 6.45) is 0. The van der Waals surface area contributed by atoms with Crippen LogP contribution in [-0.2, 0) is 0 Å². The molecular formula is C52H31FN4. The predicted molar refractivity (Wildman–Crippen MR) is 234 cm³/mol. The molecule has 0 aliphatic rings. The Bertz CT molecular complexity index is 3540. The van der Waals surface area contributed by atoms with E-state index in [2.05, 4.69) is 167 Å². The molecule has 0 spiro atoms. The van der Waals surface area contributed by atoms with E-state index in [0.29, 0.717) is 5.82 Å². The number of rotatable bonds is 4. The molecule has 12 aromatic rings. The van der Waals surface area contributed by atoms with Gasteiger partial charge in [-0.25, -0.2) is 14.4 Å². The van der Waals surface area contributed by atoms with Crippen LogP contribution in [0.3, 0.4) is 0 Å². The van der Waals surface area contributed by atoms with Crippen LogP contribution in [0.15, 0.2) is 188 Å². The highest BCUT2D eigenvalue weighted by molar-refractivity contribution is 6.13. The van der Waals surface area contributed by atoms with Crippen molar-refractivity contribution in [2.45, 2.75) is 0 Å². The molecule has 0 aliphatic carbocycles. The van der Waals surface area contributed by atoms with Gasteiger partial charge >= 0.3 is 0 Å². The second-order valence-electron chi connectivity index (χ2n) is 14.8. The van der Waals surface area contributed by atoms with Gasteiger partial charge in [-0.15, -0.1) is 0 Å². The largest absolute Gasteiger partial charge is 0.309 e. The summed E-state index contributed by atoms with van der Waals surface area (Å²) in [5.74, 6) is 0.405. The molecule has 57 heavy (non-hydrogen) atoms. The Morgan fingerprint density at radius 2 is 0.895 bits per heavy atom. The van der Waals surface area contributed by atoms with Crippen LogP contribution in [0.2, 0.25) is 0 Å². The van der Waals surface area contributed by atoms with Crippen LogP contribution in [0.5, 0.6) is 0 Å². The summed E-state index contributed by atoms with van der Waals surface area (Å²) in [6, 6.07) is 64.9. The van der Waals surface area contributed by atoms with Crippen molar-refractivity contribution in [1.29, 1.82) is 0 Å². The third-order valence-electron chi connectivity index (χ3n) is 11.5. The predicted octanol–water partition coefficient (Wildman–Crippen LogP) is 13.6. The first-order chi connectivity index (χ1) is 28.2. The smallest absolute Gasteiger partial charge is 0.160 e. The molecule has 0 amide bonds. The third kappa shape index (κ3) is 4.85. The summed E-state index contributed by atoms with van der Waals surface area (Å²) in [4.78, 5) is 10.5. The van der Waals surface area contributed by atoms with Crippen molar-refractivity contribution in [3.05, 3.63) is 194 Å². The Hall–Kier alpha value is -7.63. The van der Waals surface area contributed by atoms with Gasteiger partial charge in [0.05, 0.1) is 33.3 Å². The van der Waals surface area contributed by atoms with E-state index in [1.807, 2.05) is 18.2 Å². The van der Waals surface area contributed by atoms with Crippen molar-refractivity contribution < 1.29 is 4.39 Å². The van der Waals surface area contributed by atoms with Gasteiger partial charge in [0.15, 0.2) is 5.82 Å². The lowest BCUT2D eigenvalue weighted by atomic mass is 9.99. The van der Waals surface area contributed by atoms with E-state index >= 15 is 0 Å². The summed E-state index contributed by atoms with van der Waals surface area (Å²) in [5, 5.41) is 9.88. The van der Waals surface area contributed by atoms with Gasteiger partial charge in [0.25, 0.3) is 0 Å². The molecular weight excluding hydrogens is 700 g/mol. The average Bonchev–Trinajstić information content (AvgIpc) is 3.78. The maximum Gasteiger partial charge on any atom is 0.160 e. The number of aromatic nitrogens is 4. The second-order valence-corrected chi connectivity index (χ2v) is 14.8. The second kappa shape index (κ2) is 12.2. The zero-order chi connectivity index (χ0) is 37.6. The Kier molecular flexibility index (Phi) is 6.78. The molecule has 0 aliphatic heterocycles. The van der Waals surface area contributed by atoms with Crippen molar-refractivity contribution in [2.75, 3.05) is 0 Å². The van der Waals surface area contributed by atoms with Crippen molar-refractivity contribution >= 4 is 76.1 Å². The Morgan fingerprint density at radius 1 is 0.351 bits per heavy atom. The van der Waals surface area contributed by atoms with E-state index in [0.717, 1.165) is 71.7 Å². The van der Waals surface area contributed by atoms with Gasteiger partial charge in [-0.05, 0) is 101 Å². The Balaban J connectivity index is 1.01. The zero-order valence-corrected chi connectivity index (χ0v) is 30.6.